The molecule has 4 amide bonds. The fraction of sp³-hybridized carbons (Fsp3) is 0.133. The van der Waals surface area contributed by atoms with E-state index < -0.39 is 0 Å². The largest absolute Gasteiger partial charge is 0.457 e. The van der Waals surface area contributed by atoms with Crippen molar-refractivity contribution in [2.45, 2.75) is 11.8 Å². The summed E-state index contributed by atoms with van der Waals surface area (Å²) in [6.07, 6.45) is 2.00. The van der Waals surface area contributed by atoms with E-state index in [1.54, 1.807) is 16.7 Å². The molecule has 0 aromatic heterocycles. The maximum Gasteiger partial charge on any atom is 0.326 e. The molecule has 4 rings (SSSR count). The van der Waals surface area contributed by atoms with Gasteiger partial charge in [0.1, 0.15) is 11.5 Å². The van der Waals surface area contributed by atoms with Crippen molar-refractivity contribution in [3.8, 4) is 11.5 Å². The predicted molar refractivity (Wildman–Crippen MR) is 156 cm³/mol. The Morgan fingerprint density at radius 1 is 0.763 bits per heavy atom. The summed E-state index contributed by atoms with van der Waals surface area (Å²) in [5, 5.41) is 8.58. The molecule has 0 atom stereocenters. The minimum Gasteiger partial charge on any atom is -0.457 e. The topological polar surface area (TPSA) is 82.7 Å². The van der Waals surface area contributed by atoms with Crippen LogP contribution in [0, 0.1) is 6.92 Å². The molecule has 0 bridgehead atoms. The second-order valence-corrected chi connectivity index (χ2v) is 9.35. The number of hydrogen-bond donors (Lipinski definition) is 3. The lowest BCUT2D eigenvalue weighted by molar-refractivity contribution is 0.250. The number of nitrogens with one attached hydrogen (secondary N) is 3. The predicted octanol–water partition coefficient (Wildman–Crippen LogP) is 7.37. The normalized spacial score (nSPS) is 10.4. The zero-order valence-corrected chi connectivity index (χ0v) is 22.1. The zero-order valence-electron chi connectivity index (χ0n) is 21.3. The van der Waals surface area contributed by atoms with Crippen LogP contribution in [-0.2, 0) is 0 Å². The number of aryl methyl sites for hydroxylation is 1. The van der Waals surface area contributed by atoms with Crippen LogP contribution in [0.3, 0.4) is 0 Å². The van der Waals surface area contributed by atoms with Crippen LogP contribution in [0.2, 0.25) is 0 Å². The number of nitrogens with zero attached hydrogens (tertiary/aromatic N) is 1. The van der Waals surface area contributed by atoms with Crippen molar-refractivity contribution in [3.63, 3.8) is 0 Å². The number of amides is 4. The summed E-state index contributed by atoms with van der Waals surface area (Å²) < 4.78 is 5.88. The Bertz CT molecular complexity index is 1330. The van der Waals surface area contributed by atoms with Gasteiger partial charge in [0.25, 0.3) is 0 Å². The highest BCUT2D eigenvalue weighted by atomic mass is 32.2. The van der Waals surface area contributed by atoms with E-state index in [9.17, 15) is 9.59 Å². The summed E-state index contributed by atoms with van der Waals surface area (Å²) in [6.45, 7) is 2.50. The summed E-state index contributed by atoms with van der Waals surface area (Å²) >= 11 is 1.64. The Kier molecular flexibility index (Phi) is 9.26. The van der Waals surface area contributed by atoms with Gasteiger partial charge in [-0.05, 0) is 86.0 Å². The number of hydrogen-bond acceptors (Lipinski definition) is 4. The first kappa shape index (κ1) is 26.6. The number of anilines is 3. The third-order valence-corrected chi connectivity index (χ3v) is 6.39. The van der Waals surface area contributed by atoms with E-state index in [4.69, 9.17) is 4.74 Å². The number of carbonyl (C=O) groups is 2. The average Bonchev–Trinajstić information content (AvgIpc) is 2.94. The third kappa shape index (κ3) is 7.78. The zero-order chi connectivity index (χ0) is 26.7. The van der Waals surface area contributed by atoms with Crippen LogP contribution in [0.1, 0.15) is 5.56 Å². The van der Waals surface area contributed by atoms with Gasteiger partial charge in [0.15, 0.2) is 0 Å². The van der Waals surface area contributed by atoms with Crippen molar-refractivity contribution < 1.29 is 14.3 Å². The summed E-state index contributed by atoms with van der Waals surface area (Å²) in [5.74, 6) is 1.39. The molecular formula is C30H30N4O3S. The Balaban J connectivity index is 1.41. The molecule has 194 valence electrons. The molecule has 0 fully saturated rings. The molecule has 0 spiro atoms. The van der Waals surface area contributed by atoms with E-state index >= 15 is 0 Å². The molecule has 38 heavy (non-hydrogen) atoms. The van der Waals surface area contributed by atoms with E-state index in [2.05, 4.69) is 16.0 Å². The van der Waals surface area contributed by atoms with Crippen molar-refractivity contribution >= 4 is 40.9 Å². The average molecular weight is 527 g/mol. The third-order valence-electron chi connectivity index (χ3n) is 5.64. The highest BCUT2D eigenvalue weighted by Gasteiger charge is 2.17. The monoisotopic (exact) mass is 526 g/mol. The number of thioether (sulfide) groups is 1. The first-order valence-electron chi connectivity index (χ1n) is 12.2. The van der Waals surface area contributed by atoms with Crippen LogP contribution in [0.5, 0.6) is 11.5 Å². The molecule has 0 heterocycles. The minimum absolute atomic E-state index is 0.248. The van der Waals surface area contributed by atoms with Crippen LogP contribution in [0.4, 0.5) is 26.7 Å². The number of para-hydroxylation sites is 1. The maximum atomic E-state index is 13.3. The number of ether oxygens (including phenoxy) is 1. The SMILES string of the molecule is CSc1ccc(NC(=O)NCCN(C(=O)Nc2ccc(C)cc2)c2ccc(Oc3ccccc3)cc2)cc1. The van der Waals surface area contributed by atoms with E-state index in [1.165, 1.54) is 0 Å². The molecule has 0 radical (unpaired) electrons. The summed E-state index contributed by atoms with van der Waals surface area (Å²) in [5.41, 5.74) is 3.16. The molecule has 0 aliphatic carbocycles. The van der Waals surface area contributed by atoms with Gasteiger partial charge in [-0.2, -0.15) is 0 Å². The lowest BCUT2D eigenvalue weighted by Crippen LogP contribution is -2.42. The molecule has 3 N–H and O–H groups in total. The van der Waals surface area contributed by atoms with Gasteiger partial charge in [-0.1, -0.05) is 35.9 Å². The van der Waals surface area contributed by atoms with Gasteiger partial charge in [-0.3, -0.25) is 4.90 Å². The van der Waals surface area contributed by atoms with Crippen LogP contribution >= 0.6 is 11.8 Å². The number of carbonyl (C=O) groups excluding carboxylic acids is 2. The van der Waals surface area contributed by atoms with E-state index in [1.807, 2.05) is 116 Å². The molecule has 8 heteroatoms. The first-order valence-corrected chi connectivity index (χ1v) is 13.4. The van der Waals surface area contributed by atoms with Crippen molar-refractivity contribution in [1.82, 2.24) is 5.32 Å². The van der Waals surface area contributed by atoms with Crippen LogP contribution < -0.4 is 25.6 Å². The van der Waals surface area contributed by atoms with Gasteiger partial charge >= 0.3 is 12.1 Å². The molecule has 0 aliphatic heterocycles. The molecule has 0 saturated heterocycles. The fourth-order valence-electron chi connectivity index (χ4n) is 3.63. The molecule has 4 aromatic carbocycles. The summed E-state index contributed by atoms with van der Waals surface area (Å²) in [4.78, 5) is 28.4. The van der Waals surface area contributed by atoms with Crippen LogP contribution in [-0.4, -0.2) is 31.4 Å². The van der Waals surface area contributed by atoms with Crippen molar-refractivity contribution in [2.75, 3.05) is 34.9 Å². The number of urea groups is 2. The molecule has 0 unspecified atom stereocenters. The Morgan fingerprint density at radius 2 is 1.37 bits per heavy atom. The van der Waals surface area contributed by atoms with Gasteiger partial charge in [-0.25, -0.2) is 9.59 Å². The second kappa shape index (κ2) is 13.2. The van der Waals surface area contributed by atoms with E-state index in [0.717, 1.165) is 16.2 Å². The van der Waals surface area contributed by atoms with Crippen LogP contribution in [0.15, 0.2) is 108 Å². The number of benzene rings is 4. The molecule has 7 nitrogen and oxygen atoms in total. The summed E-state index contributed by atoms with van der Waals surface area (Å²) in [7, 11) is 0. The smallest absolute Gasteiger partial charge is 0.326 e. The van der Waals surface area contributed by atoms with E-state index in [0.29, 0.717) is 22.8 Å². The molecule has 4 aromatic rings. The van der Waals surface area contributed by atoms with Gasteiger partial charge in [0, 0.05) is 35.0 Å². The molecule has 0 aliphatic rings. The van der Waals surface area contributed by atoms with Gasteiger partial charge in [0.05, 0.1) is 0 Å². The maximum absolute atomic E-state index is 13.3. The lowest BCUT2D eigenvalue weighted by Gasteiger charge is -2.24. The van der Waals surface area contributed by atoms with Gasteiger partial charge < -0.3 is 20.7 Å². The lowest BCUT2D eigenvalue weighted by atomic mass is 10.2. The Labute approximate surface area is 227 Å². The first-order chi connectivity index (χ1) is 18.5. The highest BCUT2D eigenvalue weighted by molar-refractivity contribution is 7.98. The molecule has 0 saturated carbocycles. The van der Waals surface area contributed by atoms with Crippen LogP contribution in [0.25, 0.3) is 0 Å². The van der Waals surface area contributed by atoms with Crippen molar-refractivity contribution in [3.05, 3.63) is 109 Å². The van der Waals surface area contributed by atoms with E-state index in [-0.39, 0.29) is 25.2 Å². The minimum atomic E-state index is -0.340. The van der Waals surface area contributed by atoms with Gasteiger partial charge in [-0.15, -0.1) is 11.8 Å². The standard InChI is InChI=1S/C30H30N4O3S/c1-22-8-10-24(11-9-22)33-30(36)34(21-20-31-29(35)32-23-12-18-28(38-2)19-13-23)25-14-16-27(17-15-25)37-26-6-4-3-5-7-26/h3-19H,20-21H2,1-2H3,(H,33,36)(H2,31,32,35). The Morgan fingerprint density at radius 3 is 2.03 bits per heavy atom. The van der Waals surface area contributed by atoms with Crippen molar-refractivity contribution in [2.24, 2.45) is 0 Å². The number of rotatable bonds is 9. The van der Waals surface area contributed by atoms with Crippen molar-refractivity contribution in [1.29, 1.82) is 0 Å². The highest BCUT2D eigenvalue weighted by Crippen LogP contribution is 2.25. The van der Waals surface area contributed by atoms with Gasteiger partial charge in [0.2, 0.25) is 0 Å². The quantitative estimate of drug-likeness (QED) is 0.199. The fourth-order valence-corrected chi connectivity index (χ4v) is 4.03. The Hall–Kier alpha value is -4.43. The molecular weight excluding hydrogens is 496 g/mol. The second-order valence-electron chi connectivity index (χ2n) is 8.47. The summed E-state index contributed by atoms with van der Waals surface area (Å²) in [6, 6.07) is 31.3.